The lowest BCUT2D eigenvalue weighted by molar-refractivity contribution is -0.139. The summed E-state index contributed by atoms with van der Waals surface area (Å²) in [5, 5.41) is 15.6. The zero-order chi connectivity index (χ0) is 15.4. The molecule has 110 valence electrons. The van der Waals surface area contributed by atoms with E-state index in [1.807, 2.05) is 13.1 Å². The van der Waals surface area contributed by atoms with Crippen LogP contribution in [0.2, 0.25) is 0 Å². The molecule has 0 saturated carbocycles. The Morgan fingerprint density at radius 2 is 2.00 bits per heavy atom. The number of aliphatic carboxylic acids is 1. The summed E-state index contributed by atoms with van der Waals surface area (Å²) in [6.45, 7) is 3.66. The standard InChI is InChI=1S/C15H17N3O3/c1-3-13(15(20)21)17-14(19)11-4-6-12(7-5-11)18-9-10(2)8-16-18/h4-9,13H,3H2,1-2H3,(H,17,19)(H,20,21). The number of carboxylic acid groups (broad SMARTS) is 1. The first kappa shape index (κ1) is 14.8. The summed E-state index contributed by atoms with van der Waals surface area (Å²) in [6, 6.07) is 5.96. The van der Waals surface area contributed by atoms with Crippen molar-refractivity contribution in [1.82, 2.24) is 15.1 Å². The van der Waals surface area contributed by atoms with Crippen molar-refractivity contribution in [3.8, 4) is 5.69 Å². The molecule has 1 aromatic carbocycles. The molecule has 6 heteroatoms. The number of carbonyl (C=O) groups is 2. The average molecular weight is 287 g/mol. The van der Waals surface area contributed by atoms with Crippen LogP contribution in [-0.4, -0.2) is 32.8 Å². The SMILES string of the molecule is CCC(NC(=O)c1ccc(-n2cc(C)cn2)cc1)C(=O)O. The van der Waals surface area contributed by atoms with Gasteiger partial charge >= 0.3 is 5.97 Å². The number of amides is 1. The second kappa shape index (κ2) is 6.21. The molecule has 0 radical (unpaired) electrons. The number of carbonyl (C=O) groups excluding carboxylic acids is 1. The fraction of sp³-hybridized carbons (Fsp3) is 0.267. The monoisotopic (exact) mass is 287 g/mol. The maximum absolute atomic E-state index is 12.0. The third-order valence-corrected chi connectivity index (χ3v) is 3.12. The Labute approximate surface area is 122 Å². The van der Waals surface area contributed by atoms with E-state index in [1.165, 1.54) is 0 Å². The van der Waals surface area contributed by atoms with Gasteiger partial charge in [0.1, 0.15) is 6.04 Å². The smallest absolute Gasteiger partial charge is 0.326 e. The second-order valence-corrected chi connectivity index (χ2v) is 4.78. The molecule has 1 amide bonds. The number of aryl methyl sites for hydroxylation is 1. The zero-order valence-corrected chi connectivity index (χ0v) is 11.9. The number of rotatable bonds is 5. The van der Waals surface area contributed by atoms with Crippen molar-refractivity contribution in [3.63, 3.8) is 0 Å². The van der Waals surface area contributed by atoms with E-state index >= 15 is 0 Å². The minimum atomic E-state index is -1.03. The van der Waals surface area contributed by atoms with Gasteiger partial charge in [0.2, 0.25) is 0 Å². The molecule has 1 unspecified atom stereocenters. The Balaban J connectivity index is 2.11. The van der Waals surface area contributed by atoms with E-state index in [0.29, 0.717) is 12.0 Å². The summed E-state index contributed by atoms with van der Waals surface area (Å²) in [4.78, 5) is 22.9. The number of benzene rings is 1. The van der Waals surface area contributed by atoms with Crippen molar-refractivity contribution < 1.29 is 14.7 Å². The highest BCUT2D eigenvalue weighted by molar-refractivity contribution is 5.96. The van der Waals surface area contributed by atoms with Gasteiger partial charge in [0.25, 0.3) is 5.91 Å². The van der Waals surface area contributed by atoms with Gasteiger partial charge in [-0.15, -0.1) is 0 Å². The van der Waals surface area contributed by atoms with E-state index in [4.69, 9.17) is 5.11 Å². The Kier molecular flexibility index (Phi) is 4.37. The summed E-state index contributed by atoms with van der Waals surface area (Å²) in [7, 11) is 0. The second-order valence-electron chi connectivity index (χ2n) is 4.78. The highest BCUT2D eigenvalue weighted by Gasteiger charge is 2.18. The lowest BCUT2D eigenvalue weighted by Crippen LogP contribution is -2.40. The van der Waals surface area contributed by atoms with E-state index < -0.39 is 17.9 Å². The molecular weight excluding hydrogens is 270 g/mol. The van der Waals surface area contributed by atoms with Crippen molar-refractivity contribution in [1.29, 1.82) is 0 Å². The predicted octanol–water partition coefficient (Wildman–Crippen LogP) is 1.77. The summed E-state index contributed by atoms with van der Waals surface area (Å²) < 4.78 is 1.71. The fourth-order valence-corrected chi connectivity index (χ4v) is 1.90. The number of aromatic nitrogens is 2. The summed E-state index contributed by atoms with van der Waals surface area (Å²) in [5.74, 6) is -1.43. The molecule has 0 fully saturated rings. The highest BCUT2D eigenvalue weighted by atomic mass is 16.4. The molecule has 0 aliphatic heterocycles. The molecule has 0 bridgehead atoms. The van der Waals surface area contributed by atoms with Crippen LogP contribution in [0.5, 0.6) is 0 Å². The van der Waals surface area contributed by atoms with Crippen LogP contribution in [0, 0.1) is 6.92 Å². The third kappa shape index (κ3) is 3.47. The molecule has 0 saturated heterocycles. The number of nitrogens with zero attached hydrogens (tertiary/aromatic N) is 2. The maximum atomic E-state index is 12.0. The van der Waals surface area contributed by atoms with Crippen molar-refractivity contribution >= 4 is 11.9 Å². The Hall–Kier alpha value is -2.63. The van der Waals surface area contributed by atoms with E-state index in [2.05, 4.69) is 10.4 Å². The van der Waals surface area contributed by atoms with E-state index in [9.17, 15) is 9.59 Å². The number of nitrogens with one attached hydrogen (secondary N) is 1. The van der Waals surface area contributed by atoms with Gasteiger partial charge in [-0.3, -0.25) is 4.79 Å². The Morgan fingerprint density at radius 1 is 1.33 bits per heavy atom. The molecule has 0 aliphatic rings. The summed E-state index contributed by atoms with van der Waals surface area (Å²) in [5.41, 5.74) is 2.30. The highest BCUT2D eigenvalue weighted by Crippen LogP contribution is 2.10. The van der Waals surface area contributed by atoms with Crippen LogP contribution in [0.4, 0.5) is 0 Å². The van der Waals surface area contributed by atoms with Gasteiger partial charge in [-0.05, 0) is 43.2 Å². The van der Waals surface area contributed by atoms with E-state index in [1.54, 1.807) is 42.1 Å². The molecule has 0 aliphatic carbocycles. The minimum absolute atomic E-state index is 0.339. The minimum Gasteiger partial charge on any atom is -0.480 e. The number of carboxylic acids is 1. The Bertz CT molecular complexity index is 646. The largest absolute Gasteiger partial charge is 0.480 e. The van der Waals surface area contributed by atoms with Crippen LogP contribution in [0.15, 0.2) is 36.7 Å². The van der Waals surface area contributed by atoms with Crippen molar-refractivity contribution in [2.24, 2.45) is 0 Å². The zero-order valence-electron chi connectivity index (χ0n) is 11.9. The van der Waals surface area contributed by atoms with Crippen molar-refractivity contribution in [2.75, 3.05) is 0 Å². The van der Waals surface area contributed by atoms with Gasteiger partial charge in [-0.2, -0.15) is 5.10 Å². The van der Waals surface area contributed by atoms with Gasteiger partial charge in [-0.1, -0.05) is 6.92 Å². The molecule has 6 nitrogen and oxygen atoms in total. The van der Waals surface area contributed by atoms with Crippen LogP contribution in [0.1, 0.15) is 29.3 Å². The van der Waals surface area contributed by atoms with Gasteiger partial charge < -0.3 is 10.4 Å². The van der Waals surface area contributed by atoms with Crippen LogP contribution in [0.3, 0.4) is 0 Å². The van der Waals surface area contributed by atoms with Crippen LogP contribution in [0.25, 0.3) is 5.69 Å². The lowest BCUT2D eigenvalue weighted by Gasteiger charge is -2.12. The summed E-state index contributed by atoms with van der Waals surface area (Å²) in [6.07, 6.45) is 3.97. The first-order valence-electron chi connectivity index (χ1n) is 6.66. The first-order valence-corrected chi connectivity index (χ1v) is 6.66. The molecule has 2 N–H and O–H groups in total. The quantitative estimate of drug-likeness (QED) is 0.877. The molecule has 1 atom stereocenters. The average Bonchev–Trinajstić information content (AvgIpc) is 2.91. The van der Waals surface area contributed by atoms with Crippen molar-refractivity contribution in [3.05, 3.63) is 47.8 Å². The van der Waals surface area contributed by atoms with Crippen molar-refractivity contribution in [2.45, 2.75) is 26.3 Å². The van der Waals surface area contributed by atoms with Crippen LogP contribution in [-0.2, 0) is 4.79 Å². The lowest BCUT2D eigenvalue weighted by atomic mass is 10.1. The molecular formula is C15H17N3O3. The topological polar surface area (TPSA) is 84.2 Å². The van der Waals surface area contributed by atoms with Crippen LogP contribution < -0.4 is 5.32 Å². The predicted molar refractivity (Wildman–Crippen MR) is 77.5 cm³/mol. The van der Waals surface area contributed by atoms with E-state index in [0.717, 1.165) is 11.3 Å². The maximum Gasteiger partial charge on any atom is 0.326 e. The van der Waals surface area contributed by atoms with Gasteiger partial charge in [-0.25, -0.2) is 9.48 Å². The van der Waals surface area contributed by atoms with Gasteiger partial charge in [0.15, 0.2) is 0 Å². The molecule has 2 rings (SSSR count). The Morgan fingerprint density at radius 3 is 2.48 bits per heavy atom. The van der Waals surface area contributed by atoms with Gasteiger partial charge in [0, 0.05) is 11.8 Å². The molecule has 0 spiro atoms. The normalized spacial score (nSPS) is 11.9. The third-order valence-electron chi connectivity index (χ3n) is 3.12. The number of hydrogen-bond acceptors (Lipinski definition) is 3. The molecule has 2 aromatic rings. The number of hydrogen-bond donors (Lipinski definition) is 2. The fourth-order valence-electron chi connectivity index (χ4n) is 1.90. The summed E-state index contributed by atoms with van der Waals surface area (Å²) >= 11 is 0. The first-order chi connectivity index (χ1) is 10.0. The van der Waals surface area contributed by atoms with Crippen LogP contribution >= 0.6 is 0 Å². The molecule has 1 heterocycles. The molecule has 1 aromatic heterocycles. The van der Waals surface area contributed by atoms with Gasteiger partial charge in [0.05, 0.1) is 11.9 Å². The molecule has 21 heavy (non-hydrogen) atoms. The van der Waals surface area contributed by atoms with E-state index in [-0.39, 0.29) is 0 Å².